The summed E-state index contributed by atoms with van der Waals surface area (Å²) >= 11 is -1.61. The van der Waals surface area contributed by atoms with E-state index in [0.717, 1.165) is 6.07 Å². The van der Waals surface area contributed by atoms with Crippen LogP contribution in [0.5, 0.6) is 5.88 Å². The summed E-state index contributed by atoms with van der Waals surface area (Å²) in [6.45, 7) is 5.90. The predicted octanol–water partition coefficient (Wildman–Crippen LogP) is 0.229. The van der Waals surface area contributed by atoms with Crippen LogP contribution >= 0.6 is 0 Å². The molecule has 0 aromatic carbocycles. The number of carbonyl (C=O) groups is 4. The molecule has 47 heavy (non-hydrogen) atoms. The molecule has 0 atom stereocenters. The zero-order chi connectivity index (χ0) is 35.0. The summed E-state index contributed by atoms with van der Waals surface area (Å²) in [6, 6.07) is 1.09. The van der Waals surface area contributed by atoms with Crippen molar-refractivity contribution in [3.63, 3.8) is 0 Å². The number of H-pyrrole nitrogens is 3. The average molecular weight is 691 g/mol. The van der Waals surface area contributed by atoms with Gasteiger partial charge in [-0.15, -0.1) is 0 Å². The summed E-state index contributed by atoms with van der Waals surface area (Å²) in [6.07, 6.45) is 8.81. The second kappa shape index (κ2) is 22.8. The maximum atomic E-state index is 11.1. The Labute approximate surface area is 269 Å². The fourth-order valence-corrected chi connectivity index (χ4v) is 2.74. The van der Waals surface area contributed by atoms with Crippen molar-refractivity contribution >= 4 is 52.9 Å². The number of rotatable bonds is 8. The Bertz CT molecular complexity index is 1560. The summed E-state index contributed by atoms with van der Waals surface area (Å²) in [5, 5.41) is 15.1. The molecule has 1 aliphatic heterocycles. The van der Waals surface area contributed by atoms with Crippen LogP contribution in [0.15, 0.2) is 48.0 Å². The van der Waals surface area contributed by atoms with Crippen LogP contribution in [0.25, 0.3) is 5.78 Å². The van der Waals surface area contributed by atoms with Crippen molar-refractivity contribution in [2.45, 2.75) is 33.6 Å². The number of aromatic nitrogens is 7. The third-order valence-electron chi connectivity index (χ3n) is 4.33. The Morgan fingerprint density at radius 3 is 1.91 bits per heavy atom. The number of nitrogens with zero attached hydrogens (tertiary/aromatic N) is 4. The number of fused-ring (bicyclic) bond motifs is 1. The minimum atomic E-state index is -1.61. The lowest BCUT2D eigenvalue weighted by Crippen LogP contribution is -2.18. The minimum absolute atomic E-state index is 0. The molecule has 0 unspecified atom stereocenters. The van der Waals surface area contributed by atoms with Gasteiger partial charge in [0, 0.05) is 38.6 Å². The predicted molar refractivity (Wildman–Crippen MR) is 160 cm³/mol. The number of hydrogen-bond acceptors (Lipinski definition) is 17. The molecule has 22 nitrogen and oxygen atoms in total. The molecule has 1 amide bonds. The lowest BCUT2D eigenvalue weighted by Gasteiger charge is -2.02. The third-order valence-corrected chi connectivity index (χ3v) is 4.67. The van der Waals surface area contributed by atoms with Crippen LogP contribution in [0.4, 0.5) is 11.9 Å². The molecule has 7 N–H and O–H groups in total. The van der Waals surface area contributed by atoms with Gasteiger partial charge in [-0.3, -0.25) is 38.7 Å². The van der Waals surface area contributed by atoms with Crippen molar-refractivity contribution < 1.29 is 57.8 Å². The Hall–Kier alpha value is -5.65. The van der Waals surface area contributed by atoms with Crippen molar-refractivity contribution in [1.82, 2.24) is 34.3 Å². The number of esters is 3. The van der Waals surface area contributed by atoms with Gasteiger partial charge in [-0.1, -0.05) is 8.67 Å². The van der Waals surface area contributed by atoms with Crippen molar-refractivity contribution in [1.29, 1.82) is 0 Å². The summed E-state index contributed by atoms with van der Waals surface area (Å²) in [5.41, 5.74) is 4.75. The van der Waals surface area contributed by atoms with Gasteiger partial charge < -0.3 is 35.0 Å². The summed E-state index contributed by atoms with van der Waals surface area (Å²) in [4.78, 5) is 72.9. The molecule has 0 bridgehead atoms. The monoisotopic (exact) mass is 690 g/mol. The van der Waals surface area contributed by atoms with Gasteiger partial charge in [-0.25, -0.2) is 15.0 Å². The van der Waals surface area contributed by atoms with Gasteiger partial charge in [0.05, 0.1) is 25.9 Å². The highest BCUT2D eigenvalue weighted by atomic mass is 32.2. The summed E-state index contributed by atoms with van der Waals surface area (Å²) in [5.74, 6) is -1.04. The molecule has 5 rings (SSSR count). The number of aromatic amines is 3. The first-order valence-corrected chi connectivity index (χ1v) is 14.2. The Balaban J connectivity index is 0.000000595. The van der Waals surface area contributed by atoms with Crippen molar-refractivity contribution in [2.24, 2.45) is 0 Å². The van der Waals surface area contributed by atoms with Crippen molar-refractivity contribution in [3.8, 4) is 5.88 Å². The smallest absolute Gasteiger partial charge is 0.367 e. The Kier molecular flexibility index (Phi) is 19.1. The maximum Gasteiger partial charge on any atom is 0.367 e. The van der Waals surface area contributed by atoms with Crippen molar-refractivity contribution in [3.05, 3.63) is 53.6 Å². The molecular formula is C24H35N9O13S. The topological polar surface area (TPSA) is 307 Å². The van der Waals surface area contributed by atoms with Crippen LogP contribution in [0.1, 0.15) is 35.0 Å². The van der Waals surface area contributed by atoms with Crippen LogP contribution in [-0.2, 0) is 58.5 Å². The number of carbonyl (C=O) groups excluding carboxylic acids is 4. The first kappa shape index (κ1) is 39.4. The molecule has 0 radical (unpaired) electrons. The number of nitrogens with two attached hydrogens (primary N) is 1. The van der Waals surface area contributed by atoms with Gasteiger partial charge in [0.15, 0.2) is 5.95 Å². The molecule has 0 aliphatic carbocycles. The first-order valence-electron chi connectivity index (χ1n) is 13.2. The van der Waals surface area contributed by atoms with Gasteiger partial charge in [-0.2, -0.15) is 4.21 Å². The van der Waals surface area contributed by atoms with E-state index in [-0.39, 0.29) is 45.5 Å². The highest BCUT2D eigenvalue weighted by Crippen LogP contribution is 2.05. The summed E-state index contributed by atoms with van der Waals surface area (Å²) in [7, 11) is 0. The fourth-order valence-electron chi connectivity index (χ4n) is 2.64. The number of amides is 1. The molecule has 260 valence electrons. The molecule has 0 saturated carbocycles. The van der Waals surface area contributed by atoms with Crippen LogP contribution < -0.4 is 16.6 Å². The fraction of sp³-hybridized carbons (Fsp3) is 0.333. The van der Waals surface area contributed by atoms with E-state index in [9.17, 15) is 28.2 Å². The van der Waals surface area contributed by atoms with Gasteiger partial charge >= 0.3 is 29.3 Å². The average Bonchev–Trinajstić information content (AvgIpc) is 3.78. The van der Waals surface area contributed by atoms with Crippen molar-refractivity contribution in [2.75, 3.05) is 30.9 Å². The zero-order valence-electron chi connectivity index (χ0n) is 25.2. The van der Waals surface area contributed by atoms with E-state index in [1.165, 1.54) is 16.8 Å². The Morgan fingerprint density at radius 1 is 0.936 bits per heavy atom. The zero-order valence-corrected chi connectivity index (χ0v) is 26.0. The first-order chi connectivity index (χ1) is 22.5. The molecule has 4 aromatic rings. The molecule has 1 fully saturated rings. The lowest BCUT2D eigenvalue weighted by molar-refractivity contribution is -0.469. The van der Waals surface area contributed by atoms with Gasteiger partial charge in [0.25, 0.3) is 5.56 Å². The van der Waals surface area contributed by atoms with Gasteiger partial charge in [0.2, 0.25) is 23.5 Å². The van der Waals surface area contributed by atoms with E-state index < -0.39 is 35.2 Å². The highest BCUT2D eigenvalue weighted by Gasteiger charge is 2.14. The number of aromatic hydroxyl groups is 1. The van der Waals surface area contributed by atoms with E-state index in [1.807, 2.05) is 0 Å². The van der Waals surface area contributed by atoms with Crippen LogP contribution in [0.3, 0.4) is 0 Å². The third kappa shape index (κ3) is 18.0. The van der Waals surface area contributed by atoms with Gasteiger partial charge in [-0.05, 0) is 25.8 Å². The molecular weight excluding hydrogens is 654 g/mol. The summed E-state index contributed by atoms with van der Waals surface area (Å²) < 4.78 is 31.8. The maximum absolute atomic E-state index is 11.1. The number of hydrogen-bond donors (Lipinski definition) is 6. The highest BCUT2D eigenvalue weighted by molar-refractivity contribution is 7.75. The number of nitrogens with one attached hydrogen (secondary N) is 4. The van der Waals surface area contributed by atoms with E-state index in [2.05, 4.69) is 63.1 Å². The standard InChI is InChI=1S/C8H11N3O3.C7H12O4.C6H5N3O2.C3H5N3.O4S.H2/c1-2-14-7(13)5-6(12)11-8-9-3-4-10-8;1-3-10-6(8)5-7(9)11-4-2;10-4-3-5(11)9-2-1-7-6(9)8-4;4-3-5-1-2-6-3;1-5-3-2-4-5;/h3-4H,2,5H2,1H3,(H2,9,10,11,12);3-5H2,1-2H3;1-3,11H,(H,7,8,10);1-2H,(H3,4,5,6);;1H/i;;;;;1+1. The molecule has 0 spiro atoms. The van der Waals surface area contributed by atoms with Crippen LogP contribution in [-0.4, -0.2) is 87.3 Å². The number of imidazole rings is 3. The second-order valence-electron chi connectivity index (χ2n) is 7.75. The van der Waals surface area contributed by atoms with Crippen LogP contribution in [0.2, 0.25) is 0 Å². The van der Waals surface area contributed by atoms with Crippen LogP contribution in [0, 0.1) is 0 Å². The number of ether oxygens (including phenoxy) is 3. The molecule has 23 heteroatoms. The number of anilines is 2. The van der Waals surface area contributed by atoms with E-state index in [0.29, 0.717) is 17.7 Å². The van der Waals surface area contributed by atoms with Gasteiger partial charge in [0.1, 0.15) is 12.8 Å². The second-order valence-corrected chi connectivity index (χ2v) is 8.43. The number of nitrogen functional groups attached to an aromatic ring is 1. The van der Waals surface area contributed by atoms with E-state index in [4.69, 9.17) is 10.8 Å². The molecule has 1 aliphatic rings. The van der Waals surface area contributed by atoms with E-state index in [1.54, 1.807) is 45.6 Å². The quantitative estimate of drug-likeness (QED) is 0.0623. The molecule has 5 heterocycles. The largest absolute Gasteiger partial charge is 0.494 e. The van der Waals surface area contributed by atoms with E-state index >= 15 is 0 Å². The lowest BCUT2D eigenvalue weighted by atomic mass is 10.4. The molecule has 1 saturated heterocycles. The normalized spacial score (nSPS) is 11.2. The molecule has 4 aromatic heterocycles. The minimum Gasteiger partial charge on any atom is -0.494 e. The SMILES string of the molecule is CCOC(=O)CC(=O)Nc1ncc[nH]1.CCOC(=O)CC(=O)OCC.Nc1ncc[nH]1.O=S1OOO1.O=c1cc(O)n2ccnc2[nH]1.[2HH]. The Morgan fingerprint density at radius 2 is 1.49 bits per heavy atom.